The Labute approximate surface area is 165 Å². The standard InChI is InChI=1S/C21H27FN4O2/c1-15-10-17(8-9-19(15)22)13-25-21(23-2)24-12-16-6-5-7-18(11-16)28-14-20(27)26(3)4/h5-11H,12-14H2,1-4H3,(H2,23,24,25). The van der Waals surface area contributed by atoms with Gasteiger partial charge in [0.15, 0.2) is 12.6 Å². The number of guanidine groups is 1. The Balaban J connectivity index is 1.86. The van der Waals surface area contributed by atoms with Crippen molar-refractivity contribution in [2.24, 2.45) is 4.99 Å². The lowest BCUT2D eigenvalue weighted by molar-refractivity contribution is -0.130. The summed E-state index contributed by atoms with van der Waals surface area (Å²) in [6.07, 6.45) is 0. The molecule has 7 heteroatoms. The number of hydrogen-bond donors (Lipinski definition) is 2. The van der Waals surface area contributed by atoms with Crippen molar-refractivity contribution < 1.29 is 13.9 Å². The third kappa shape index (κ3) is 6.57. The summed E-state index contributed by atoms with van der Waals surface area (Å²) in [5.41, 5.74) is 2.59. The van der Waals surface area contributed by atoms with E-state index in [1.807, 2.05) is 30.3 Å². The van der Waals surface area contributed by atoms with Gasteiger partial charge in [-0.3, -0.25) is 9.79 Å². The van der Waals surface area contributed by atoms with Gasteiger partial charge in [0.1, 0.15) is 11.6 Å². The molecule has 1 amide bonds. The van der Waals surface area contributed by atoms with Gasteiger partial charge in [-0.25, -0.2) is 4.39 Å². The number of benzene rings is 2. The maximum atomic E-state index is 13.4. The normalized spacial score (nSPS) is 11.1. The summed E-state index contributed by atoms with van der Waals surface area (Å²) >= 11 is 0. The Bertz CT molecular complexity index is 837. The molecular weight excluding hydrogens is 359 g/mol. The van der Waals surface area contributed by atoms with Gasteiger partial charge >= 0.3 is 0 Å². The van der Waals surface area contributed by atoms with E-state index in [-0.39, 0.29) is 18.3 Å². The number of aryl methyl sites for hydroxylation is 1. The Morgan fingerprint density at radius 1 is 1.11 bits per heavy atom. The summed E-state index contributed by atoms with van der Waals surface area (Å²) in [6.45, 7) is 2.83. The monoisotopic (exact) mass is 386 g/mol. The molecule has 0 spiro atoms. The number of carbonyl (C=O) groups excluding carboxylic acids is 1. The maximum Gasteiger partial charge on any atom is 0.259 e. The zero-order valence-electron chi connectivity index (χ0n) is 16.8. The number of nitrogens with one attached hydrogen (secondary N) is 2. The minimum Gasteiger partial charge on any atom is -0.484 e. The van der Waals surface area contributed by atoms with Gasteiger partial charge in [-0.15, -0.1) is 0 Å². The number of amides is 1. The van der Waals surface area contributed by atoms with E-state index in [9.17, 15) is 9.18 Å². The number of carbonyl (C=O) groups is 1. The SMILES string of the molecule is CN=C(NCc1cccc(OCC(=O)N(C)C)c1)NCc1ccc(F)c(C)c1. The largest absolute Gasteiger partial charge is 0.484 e. The average molecular weight is 386 g/mol. The van der Waals surface area contributed by atoms with Crippen molar-refractivity contribution >= 4 is 11.9 Å². The first-order valence-electron chi connectivity index (χ1n) is 9.00. The summed E-state index contributed by atoms with van der Waals surface area (Å²) in [7, 11) is 5.08. The summed E-state index contributed by atoms with van der Waals surface area (Å²) in [6, 6.07) is 12.6. The molecule has 2 N–H and O–H groups in total. The first-order chi connectivity index (χ1) is 13.4. The van der Waals surface area contributed by atoms with Gasteiger partial charge in [0.2, 0.25) is 0 Å². The molecule has 0 aliphatic carbocycles. The van der Waals surface area contributed by atoms with Crippen LogP contribution in [-0.2, 0) is 17.9 Å². The summed E-state index contributed by atoms with van der Waals surface area (Å²) < 4.78 is 18.9. The first kappa shape index (κ1) is 21.2. The highest BCUT2D eigenvalue weighted by atomic mass is 19.1. The molecule has 0 atom stereocenters. The minimum atomic E-state index is -0.208. The molecule has 0 aromatic heterocycles. The molecule has 2 aromatic carbocycles. The second-order valence-electron chi connectivity index (χ2n) is 6.59. The minimum absolute atomic E-state index is 0.00416. The molecule has 0 aliphatic heterocycles. The molecule has 0 radical (unpaired) electrons. The van der Waals surface area contributed by atoms with Crippen LogP contribution in [0.15, 0.2) is 47.5 Å². The summed E-state index contributed by atoms with van der Waals surface area (Å²) in [5, 5.41) is 6.43. The van der Waals surface area contributed by atoms with Gasteiger partial charge in [0.05, 0.1) is 0 Å². The van der Waals surface area contributed by atoms with E-state index in [4.69, 9.17) is 4.74 Å². The third-order valence-electron chi connectivity index (χ3n) is 4.13. The van der Waals surface area contributed by atoms with Crippen molar-refractivity contribution in [1.29, 1.82) is 0 Å². The Kier molecular flexibility index (Phi) is 7.80. The number of likely N-dealkylation sites (N-methyl/N-ethyl adjacent to an activating group) is 1. The van der Waals surface area contributed by atoms with E-state index in [1.54, 1.807) is 34.1 Å². The molecule has 28 heavy (non-hydrogen) atoms. The zero-order valence-corrected chi connectivity index (χ0v) is 16.8. The molecule has 6 nitrogen and oxygen atoms in total. The van der Waals surface area contributed by atoms with Gasteiger partial charge in [-0.1, -0.05) is 24.3 Å². The van der Waals surface area contributed by atoms with Gasteiger partial charge < -0.3 is 20.3 Å². The predicted molar refractivity (Wildman–Crippen MR) is 109 cm³/mol. The molecule has 150 valence electrons. The van der Waals surface area contributed by atoms with E-state index in [1.165, 1.54) is 11.0 Å². The van der Waals surface area contributed by atoms with Crippen LogP contribution in [0, 0.1) is 12.7 Å². The molecular formula is C21H27FN4O2. The van der Waals surface area contributed by atoms with Crippen molar-refractivity contribution in [3.8, 4) is 5.75 Å². The molecule has 0 aliphatic rings. The maximum absolute atomic E-state index is 13.4. The van der Waals surface area contributed by atoms with E-state index >= 15 is 0 Å². The van der Waals surface area contributed by atoms with Crippen molar-refractivity contribution in [2.75, 3.05) is 27.7 Å². The number of nitrogens with zero attached hydrogens (tertiary/aromatic N) is 2. The smallest absolute Gasteiger partial charge is 0.259 e. The summed E-state index contributed by atoms with van der Waals surface area (Å²) in [5.74, 6) is 0.972. The van der Waals surface area contributed by atoms with Crippen LogP contribution in [0.3, 0.4) is 0 Å². The van der Waals surface area contributed by atoms with E-state index in [2.05, 4.69) is 15.6 Å². The number of halogens is 1. The molecule has 0 bridgehead atoms. The fourth-order valence-electron chi connectivity index (χ4n) is 2.43. The number of aliphatic imine (C=N–C) groups is 1. The Hall–Kier alpha value is -3.09. The predicted octanol–water partition coefficient (Wildman–Crippen LogP) is 2.47. The van der Waals surface area contributed by atoms with Crippen LogP contribution in [0.4, 0.5) is 4.39 Å². The molecule has 0 unspecified atom stereocenters. The van der Waals surface area contributed by atoms with Gasteiger partial charge in [-0.05, 0) is 41.8 Å². The molecule has 2 aromatic rings. The number of rotatable bonds is 7. The highest BCUT2D eigenvalue weighted by Crippen LogP contribution is 2.13. The zero-order chi connectivity index (χ0) is 20.5. The number of ether oxygens (including phenoxy) is 1. The lowest BCUT2D eigenvalue weighted by Gasteiger charge is -2.14. The van der Waals surface area contributed by atoms with Crippen LogP contribution in [0.2, 0.25) is 0 Å². The third-order valence-corrected chi connectivity index (χ3v) is 4.13. The van der Waals surface area contributed by atoms with Crippen LogP contribution in [0.1, 0.15) is 16.7 Å². The van der Waals surface area contributed by atoms with Crippen molar-refractivity contribution in [3.05, 3.63) is 65.0 Å². The number of hydrogen-bond acceptors (Lipinski definition) is 3. The lowest BCUT2D eigenvalue weighted by Crippen LogP contribution is -2.36. The van der Waals surface area contributed by atoms with Crippen molar-refractivity contribution in [3.63, 3.8) is 0 Å². The van der Waals surface area contributed by atoms with Crippen LogP contribution >= 0.6 is 0 Å². The van der Waals surface area contributed by atoms with Crippen molar-refractivity contribution in [2.45, 2.75) is 20.0 Å². The highest BCUT2D eigenvalue weighted by molar-refractivity contribution is 5.79. The molecule has 0 fully saturated rings. The van der Waals surface area contributed by atoms with Crippen LogP contribution in [-0.4, -0.2) is 44.5 Å². The molecule has 0 heterocycles. The first-order valence-corrected chi connectivity index (χ1v) is 9.00. The quantitative estimate of drug-likeness (QED) is 0.567. The average Bonchev–Trinajstić information content (AvgIpc) is 2.69. The molecule has 2 rings (SSSR count). The molecule has 0 saturated heterocycles. The van der Waals surface area contributed by atoms with Gasteiger partial charge in [-0.2, -0.15) is 0 Å². The lowest BCUT2D eigenvalue weighted by atomic mass is 10.1. The van der Waals surface area contributed by atoms with E-state index in [0.717, 1.165) is 11.1 Å². The second-order valence-corrected chi connectivity index (χ2v) is 6.59. The van der Waals surface area contributed by atoms with Crippen LogP contribution in [0.5, 0.6) is 5.75 Å². The molecule has 0 saturated carbocycles. The highest BCUT2D eigenvalue weighted by Gasteiger charge is 2.06. The van der Waals surface area contributed by atoms with Gasteiger partial charge in [0, 0.05) is 34.2 Å². The fraction of sp³-hybridized carbons (Fsp3) is 0.333. The van der Waals surface area contributed by atoms with E-state index < -0.39 is 0 Å². The van der Waals surface area contributed by atoms with Crippen molar-refractivity contribution in [1.82, 2.24) is 15.5 Å². The second kappa shape index (κ2) is 10.3. The van der Waals surface area contributed by atoms with Crippen LogP contribution in [0.25, 0.3) is 0 Å². The van der Waals surface area contributed by atoms with E-state index in [0.29, 0.717) is 30.4 Å². The van der Waals surface area contributed by atoms with Crippen LogP contribution < -0.4 is 15.4 Å². The Morgan fingerprint density at radius 3 is 2.39 bits per heavy atom. The van der Waals surface area contributed by atoms with Gasteiger partial charge in [0.25, 0.3) is 5.91 Å². The summed E-state index contributed by atoms with van der Waals surface area (Å²) in [4.78, 5) is 17.3. The topological polar surface area (TPSA) is 66.0 Å². The Morgan fingerprint density at radius 2 is 1.79 bits per heavy atom. The fourth-order valence-corrected chi connectivity index (χ4v) is 2.43.